The number of hydrogen-bond acceptors (Lipinski definition) is 3. The maximum Gasteiger partial charge on any atom is 0.201 e. The summed E-state index contributed by atoms with van der Waals surface area (Å²) in [6, 6.07) is 3.01. The van der Waals surface area contributed by atoms with Gasteiger partial charge in [-0.3, -0.25) is 0 Å². The summed E-state index contributed by atoms with van der Waals surface area (Å²) < 4.78 is 20.5. The molecule has 1 aromatic carbocycles. The number of ether oxygens (including phenoxy) is 1. The molecule has 19 heavy (non-hydrogen) atoms. The first-order chi connectivity index (χ1) is 8.81. The number of rotatable bonds is 3. The van der Waals surface area contributed by atoms with Gasteiger partial charge in [-0.25, -0.2) is 9.37 Å². The van der Waals surface area contributed by atoms with E-state index in [2.05, 4.69) is 25.8 Å². The molecule has 1 aromatic heterocycles. The first kappa shape index (κ1) is 13.6. The van der Waals surface area contributed by atoms with E-state index in [4.69, 9.17) is 10.5 Å². The number of nitrogens with two attached hydrogens (primary N) is 1. The standard InChI is InChI=1S/C14H20FN3O/c1-14(2,3)5-6-18-11-8-12(19-4)9(15)7-10(11)17-13(18)16/h7-8H,5-6H2,1-4H3,(H2,16,17). The average Bonchev–Trinajstić information content (AvgIpc) is 2.59. The lowest BCUT2D eigenvalue weighted by Crippen LogP contribution is -2.12. The molecule has 0 fully saturated rings. The van der Waals surface area contributed by atoms with Gasteiger partial charge in [-0.15, -0.1) is 0 Å². The Labute approximate surface area is 112 Å². The topological polar surface area (TPSA) is 53.1 Å². The van der Waals surface area contributed by atoms with E-state index < -0.39 is 5.82 Å². The number of anilines is 1. The van der Waals surface area contributed by atoms with Gasteiger partial charge >= 0.3 is 0 Å². The molecule has 2 rings (SSSR count). The third-order valence-corrected chi connectivity index (χ3v) is 3.14. The number of benzene rings is 1. The predicted molar refractivity (Wildman–Crippen MR) is 74.7 cm³/mol. The largest absolute Gasteiger partial charge is 0.494 e. The summed E-state index contributed by atoms with van der Waals surface area (Å²) in [5.74, 6) is 0.201. The van der Waals surface area contributed by atoms with Gasteiger partial charge in [0.15, 0.2) is 11.6 Å². The minimum Gasteiger partial charge on any atom is -0.494 e. The predicted octanol–water partition coefficient (Wildman–Crippen LogP) is 3.20. The zero-order chi connectivity index (χ0) is 14.2. The lowest BCUT2D eigenvalue weighted by Gasteiger charge is -2.19. The summed E-state index contributed by atoms with van der Waals surface area (Å²) >= 11 is 0. The zero-order valence-corrected chi connectivity index (χ0v) is 11.8. The van der Waals surface area contributed by atoms with Gasteiger partial charge in [0.1, 0.15) is 0 Å². The maximum atomic E-state index is 13.6. The Kier molecular flexibility index (Phi) is 3.39. The van der Waals surface area contributed by atoms with Crippen LogP contribution in [0.5, 0.6) is 5.75 Å². The van der Waals surface area contributed by atoms with E-state index >= 15 is 0 Å². The third kappa shape index (κ3) is 2.80. The number of fused-ring (bicyclic) bond motifs is 1. The SMILES string of the molecule is COc1cc2c(cc1F)nc(N)n2CCC(C)(C)C. The molecule has 0 amide bonds. The molecule has 0 aliphatic heterocycles. The summed E-state index contributed by atoms with van der Waals surface area (Å²) in [6.45, 7) is 7.26. The average molecular weight is 265 g/mol. The highest BCUT2D eigenvalue weighted by molar-refractivity contribution is 5.80. The van der Waals surface area contributed by atoms with Crippen LogP contribution in [0, 0.1) is 11.2 Å². The zero-order valence-electron chi connectivity index (χ0n) is 11.8. The van der Waals surface area contributed by atoms with Gasteiger partial charge in [0.2, 0.25) is 5.95 Å². The van der Waals surface area contributed by atoms with Crippen LogP contribution in [0.2, 0.25) is 0 Å². The minimum absolute atomic E-state index is 0.202. The monoisotopic (exact) mass is 265 g/mol. The van der Waals surface area contributed by atoms with Gasteiger partial charge in [-0.05, 0) is 11.8 Å². The van der Waals surface area contributed by atoms with Crippen molar-refractivity contribution in [3.8, 4) is 5.75 Å². The molecule has 2 N–H and O–H groups in total. The Bertz CT molecular complexity index is 599. The second kappa shape index (κ2) is 4.72. The molecule has 2 aromatic rings. The molecule has 0 saturated carbocycles. The molecule has 0 atom stereocenters. The van der Waals surface area contributed by atoms with Crippen LogP contribution < -0.4 is 10.5 Å². The highest BCUT2D eigenvalue weighted by atomic mass is 19.1. The molecule has 0 aliphatic rings. The maximum absolute atomic E-state index is 13.6. The van der Waals surface area contributed by atoms with Crippen LogP contribution in [-0.4, -0.2) is 16.7 Å². The third-order valence-electron chi connectivity index (χ3n) is 3.14. The molecular formula is C14H20FN3O. The fraction of sp³-hybridized carbons (Fsp3) is 0.500. The Morgan fingerprint density at radius 1 is 1.37 bits per heavy atom. The van der Waals surface area contributed by atoms with Crippen LogP contribution in [-0.2, 0) is 6.54 Å². The van der Waals surface area contributed by atoms with E-state index in [0.717, 1.165) is 18.5 Å². The van der Waals surface area contributed by atoms with Gasteiger partial charge < -0.3 is 15.0 Å². The number of nitrogens with zero attached hydrogens (tertiary/aromatic N) is 2. The molecule has 5 heteroatoms. The van der Waals surface area contributed by atoms with Crippen LogP contribution in [0.3, 0.4) is 0 Å². The van der Waals surface area contributed by atoms with Gasteiger partial charge in [-0.2, -0.15) is 0 Å². The normalized spacial score (nSPS) is 12.1. The van der Waals surface area contributed by atoms with Crippen LogP contribution in [0.15, 0.2) is 12.1 Å². The number of aryl methyl sites for hydroxylation is 1. The Morgan fingerprint density at radius 3 is 2.63 bits per heavy atom. The summed E-state index contributed by atoms with van der Waals surface area (Å²) in [7, 11) is 1.45. The molecule has 1 heterocycles. The molecule has 4 nitrogen and oxygen atoms in total. The van der Waals surface area contributed by atoms with E-state index in [-0.39, 0.29) is 11.2 Å². The van der Waals surface area contributed by atoms with E-state index in [1.807, 2.05) is 4.57 Å². The van der Waals surface area contributed by atoms with Crippen LogP contribution >= 0.6 is 0 Å². The minimum atomic E-state index is -0.421. The molecule has 0 aliphatic carbocycles. The first-order valence-corrected chi connectivity index (χ1v) is 6.31. The van der Waals surface area contributed by atoms with Crippen molar-refractivity contribution < 1.29 is 9.13 Å². The number of methoxy groups -OCH3 is 1. The van der Waals surface area contributed by atoms with E-state index in [0.29, 0.717) is 11.5 Å². The fourth-order valence-electron chi connectivity index (χ4n) is 1.98. The van der Waals surface area contributed by atoms with Gasteiger partial charge in [0.25, 0.3) is 0 Å². The van der Waals surface area contributed by atoms with Crippen molar-refractivity contribution in [2.75, 3.05) is 12.8 Å². The summed E-state index contributed by atoms with van der Waals surface area (Å²) in [5.41, 5.74) is 7.48. The first-order valence-electron chi connectivity index (χ1n) is 6.31. The number of imidazole rings is 1. The molecule has 0 radical (unpaired) electrons. The summed E-state index contributed by atoms with van der Waals surface area (Å²) in [5, 5.41) is 0. The molecule has 0 unspecified atom stereocenters. The van der Waals surface area contributed by atoms with Gasteiger partial charge in [-0.1, -0.05) is 20.8 Å². The van der Waals surface area contributed by atoms with E-state index in [9.17, 15) is 4.39 Å². The molecular weight excluding hydrogens is 245 g/mol. The highest BCUT2D eigenvalue weighted by Crippen LogP contribution is 2.28. The van der Waals surface area contributed by atoms with Crippen molar-refractivity contribution in [3.05, 3.63) is 17.9 Å². The van der Waals surface area contributed by atoms with Crippen LogP contribution in [0.4, 0.5) is 10.3 Å². The second-order valence-electron chi connectivity index (χ2n) is 5.91. The lowest BCUT2D eigenvalue weighted by atomic mass is 9.92. The molecule has 0 bridgehead atoms. The van der Waals surface area contributed by atoms with E-state index in [1.54, 1.807) is 6.07 Å². The molecule has 104 valence electrons. The van der Waals surface area contributed by atoms with Gasteiger partial charge in [0.05, 0.1) is 18.1 Å². The van der Waals surface area contributed by atoms with Crippen molar-refractivity contribution in [3.63, 3.8) is 0 Å². The fourth-order valence-corrected chi connectivity index (χ4v) is 1.98. The lowest BCUT2D eigenvalue weighted by molar-refractivity contribution is 0.353. The summed E-state index contributed by atoms with van der Waals surface area (Å²) in [6.07, 6.45) is 0.961. The van der Waals surface area contributed by atoms with E-state index in [1.165, 1.54) is 13.2 Å². The van der Waals surface area contributed by atoms with Gasteiger partial charge in [0, 0.05) is 18.7 Å². The molecule has 0 saturated heterocycles. The van der Waals surface area contributed by atoms with Crippen molar-refractivity contribution in [2.24, 2.45) is 5.41 Å². The van der Waals surface area contributed by atoms with Crippen molar-refractivity contribution in [1.29, 1.82) is 0 Å². The Hall–Kier alpha value is -1.78. The quantitative estimate of drug-likeness (QED) is 0.927. The van der Waals surface area contributed by atoms with Crippen LogP contribution in [0.25, 0.3) is 11.0 Å². The Morgan fingerprint density at radius 2 is 2.05 bits per heavy atom. The number of nitrogen functional groups attached to an aromatic ring is 1. The summed E-state index contributed by atoms with van der Waals surface area (Å²) in [4.78, 5) is 4.20. The smallest absolute Gasteiger partial charge is 0.201 e. The van der Waals surface area contributed by atoms with Crippen LogP contribution in [0.1, 0.15) is 27.2 Å². The van der Waals surface area contributed by atoms with Crippen molar-refractivity contribution >= 4 is 17.0 Å². The number of hydrogen-bond donors (Lipinski definition) is 1. The molecule has 0 spiro atoms. The second-order valence-corrected chi connectivity index (χ2v) is 5.91. The van der Waals surface area contributed by atoms with Crippen molar-refractivity contribution in [2.45, 2.75) is 33.7 Å². The number of halogens is 1. The Balaban J connectivity index is 2.45. The number of aromatic nitrogens is 2. The highest BCUT2D eigenvalue weighted by Gasteiger charge is 2.16. The van der Waals surface area contributed by atoms with Crippen molar-refractivity contribution in [1.82, 2.24) is 9.55 Å².